The van der Waals surface area contributed by atoms with Gasteiger partial charge in [-0.1, -0.05) is 36.4 Å². The second-order valence-corrected chi connectivity index (χ2v) is 5.82. The number of rotatable bonds is 5. The number of fused-ring (bicyclic) bond motifs is 1. The number of imidazole rings is 1. The highest BCUT2D eigenvalue weighted by atomic mass is 16.5. The number of benzene rings is 2. The zero-order valence-corrected chi connectivity index (χ0v) is 14.3. The predicted octanol–water partition coefficient (Wildman–Crippen LogP) is 3.66. The molecule has 27 heavy (non-hydrogen) atoms. The van der Waals surface area contributed by atoms with E-state index in [2.05, 4.69) is 15.0 Å². The summed E-state index contributed by atoms with van der Waals surface area (Å²) in [5.74, 6) is 1.43. The topological polar surface area (TPSA) is 103 Å². The van der Waals surface area contributed by atoms with Gasteiger partial charge < -0.3 is 20.2 Å². The van der Waals surface area contributed by atoms with E-state index in [9.17, 15) is 4.79 Å². The third kappa shape index (κ3) is 3.72. The van der Waals surface area contributed by atoms with E-state index < -0.39 is 6.09 Å². The number of ether oxygens (including phenoxy) is 2. The first kappa shape index (κ1) is 16.6. The number of carbonyl (C=O) groups excluding carboxylic acids is 1. The zero-order valence-electron chi connectivity index (χ0n) is 14.3. The maximum Gasteiger partial charge on any atom is 0.410 e. The lowest BCUT2D eigenvalue weighted by molar-refractivity contribution is 0.211. The molecule has 3 N–H and O–H groups in total. The smallest absolute Gasteiger partial charge is 0.410 e. The van der Waals surface area contributed by atoms with Crippen molar-refractivity contribution in [2.24, 2.45) is 5.73 Å². The fraction of sp³-hybridized carbons (Fsp3) is 0.0500. The summed E-state index contributed by atoms with van der Waals surface area (Å²) in [5, 5.41) is 0. The van der Waals surface area contributed by atoms with Crippen LogP contribution in [0.25, 0.3) is 22.4 Å². The lowest BCUT2D eigenvalue weighted by Gasteiger charge is -2.05. The number of carbonyl (C=O) groups is 1. The normalized spacial score (nSPS) is 10.7. The summed E-state index contributed by atoms with van der Waals surface area (Å²) in [6, 6.07) is 18.8. The minimum atomic E-state index is -0.881. The molecule has 0 spiro atoms. The van der Waals surface area contributed by atoms with Gasteiger partial charge in [0.1, 0.15) is 17.9 Å². The van der Waals surface area contributed by atoms with Crippen molar-refractivity contribution < 1.29 is 14.3 Å². The average Bonchev–Trinajstić information content (AvgIpc) is 3.13. The molecule has 0 bridgehead atoms. The number of aromatic nitrogens is 3. The average molecular weight is 360 g/mol. The van der Waals surface area contributed by atoms with Crippen LogP contribution in [0.3, 0.4) is 0 Å². The second-order valence-electron chi connectivity index (χ2n) is 5.82. The molecular formula is C20H16N4O3. The van der Waals surface area contributed by atoms with Crippen molar-refractivity contribution in [3.8, 4) is 23.0 Å². The number of primary amides is 1. The van der Waals surface area contributed by atoms with Crippen LogP contribution in [0.1, 0.15) is 5.56 Å². The monoisotopic (exact) mass is 360 g/mol. The fourth-order valence-corrected chi connectivity index (χ4v) is 2.67. The maximum atomic E-state index is 11.0. The van der Waals surface area contributed by atoms with E-state index in [-0.39, 0.29) is 0 Å². The largest absolute Gasteiger partial charge is 0.473 e. The Bertz CT molecular complexity index is 1080. The molecule has 4 rings (SSSR count). The number of nitrogens with two attached hydrogens (primary N) is 1. The summed E-state index contributed by atoms with van der Waals surface area (Å²) in [4.78, 5) is 23.0. The van der Waals surface area contributed by atoms with Gasteiger partial charge >= 0.3 is 6.09 Å². The van der Waals surface area contributed by atoms with E-state index >= 15 is 0 Å². The van der Waals surface area contributed by atoms with Gasteiger partial charge in [-0.15, -0.1) is 0 Å². The number of aromatic amines is 1. The van der Waals surface area contributed by atoms with E-state index in [1.54, 1.807) is 24.4 Å². The second kappa shape index (κ2) is 7.17. The number of amides is 1. The summed E-state index contributed by atoms with van der Waals surface area (Å²) in [7, 11) is 0. The van der Waals surface area contributed by atoms with Crippen molar-refractivity contribution in [3.63, 3.8) is 0 Å². The highest BCUT2D eigenvalue weighted by Gasteiger charge is 2.12. The van der Waals surface area contributed by atoms with Crippen molar-refractivity contribution in [1.82, 2.24) is 15.0 Å². The van der Waals surface area contributed by atoms with E-state index in [1.165, 1.54) is 0 Å². The summed E-state index contributed by atoms with van der Waals surface area (Å²) in [6.07, 6.45) is 0.792. The standard InChI is InChI=1S/C20H16N4O3/c21-20(25)27-16-8-4-7-15-18(16)24-19(23-15)14-9-10-17(22-11-14)26-12-13-5-2-1-3-6-13/h1-11H,12H2,(H2,21,25)(H,23,24). The van der Waals surface area contributed by atoms with Crippen LogP contribution in [0.2, 0.25) is 0 Å². The molecule has 0 aliphatic rings. The summed E-state index contributed by atoms with van der Waals surface area (Å²) >= 11 is 0. The van der Waals surface area contributed by atoms with Crippen LogP contribution in [0, 0.1) is 0 Å². The van der Waals surface area contributed by atoms with Gasteiger partial charge in [0, 0.05) is 17.8 Å². The molecule has 2 heterocycles. The van der Waals surface area contributed by atoms with E-state index in [1.807, 2.05) is 42.5 Å². The number of hydrogen-bond donors (Lipinski definition) is 2. The van der Waals surface area contributed by atoms with Crippen molar-refractivity contribution in [2.75, 3.05) is 0 Å². The van der Waals surface area contributed by atoms with Gasteiger partial charge in [-0.3, -0.25) is 0 Å². The Morgan fingerprint density at radius 3 is 2.63 bits per heavy atom. The Morgan fingerprint density at radius 2 is 1.89 bits per heavy atom. The minimum Gasteiger partial charge on any atom is -0.473 e. The van der Waals surface area contributed by atoms with Gasteiger partial charge in [0.05, 0.1) is 5.52 Å². The van der Waals surface area contributed by atoms with E-state index in [0.29, 0.717) is 29.6 Å². The molecular weight excluding hydrogens is 344 g/mol. The number of para-hydroxylation sites is 1. The SMILES string of the molecule is NC(=O)Oc1cccc2[nH]c(-c3ccc(OCc4ccccc4)nc3)nc12. The molecule has 134 valence electrons. The van der Waals surface area contributed by atoms with Gasteiger partial charge in [0.25, 0.3) is 0 Å². The number of H-pyrrole nitrogens is 1. The number of nitrogens with zero attached hydrogens (tertiary/aromatic N) is 2. The molecule has 2 aromatic heterocycles. The molecule has 7 heteroatoms. The van der Waals surface area contributed by atoms with E-state index in [4.69, 9.17) is 15.2 Å². The van der Waals surface area contributed by atoms with Crippen molar-refractivity contribution in [2.45, 2.75) is 6.61 Å². The van der Waals surface area contributed by atoms with Crippen LogP contribution >= 0.6 is 0 Å². The Kier molecular flexibility index (Phi) is 4.40. The Morgan fingerprint density at radius 1 is 1.04 bits per heavy atom. The summed E-state index contributed by atoms with van der Waals surface area (Å²) < 4.78 is 10.7. The maximum absolute atomic E-state index is 11.0. The van der Waals surface area contributed by atoms with Crippen LogP contribution in [0.4, 0.5) is 4.79 Å². The number of pyridine rings is 1. The molecule has 2 aromatic carbocycles. The highest BCUT2D eigenvalue weighted by Crippen LogP contribution is 2.27. The van der Waals surface area contributed by atoms with Crippen LogP contribution < -0.4 is 15.2 Å². The molecule has 0 radical (unpaired) electrons. The Balaban J connectivity index is 1.54. The van der Waals surface area contributed by atoms with Crippen LogP contribution in [0.15, 0.2) is 66.9 Å². The quantitative estimate of drug-likeness (QED) is 0.565. The number of hydrogen-bond acceptors (Lipinski definition) is 5. The van der Waals surface area contributed by atoms with E-state index in [0.717, 1.165) is 16.6 Å². The van der Waals surface area contributed by atoms with Crippen LogP contribution in [-0.4, -0.2) is 21.0 Å². The highest BCUT2D eigenvalue weighted by molar-refractivity contribution is 5.86. The predicted molar refractivity (Wildman–Crippen MR) is 100 cm³/mol. The van der Waals surface area contributed by atoms with Crippen molar-refractivity contribution >= 4 is 17.1 Å². The third-order valence-corrected chi connectivity index (χ3v) is 3.93. The molecule has 7 nitrogen and oxygen atoms in total. The molecule has 0 saturated carbocycles. The first-order valence-electron chi connectivity index (χ1n) is 8.28. The first-order valence-corrected chi connectivity index (χ1v) is 8.28. The van der Waals surface area contributed by atoms with Gasteiger partial charge in [0.15, 0.2) is 5.75 Å². The zero-order chi connectivity index (χ0) is 18.6. The molecule has 0 atom stereocenters. The molecule has 0 aliphatic heterocycles. The third-order valence-electron chi connectivity index (χ3n) is 3.93. The molecule has 0 aliphatic carbocycles. The minimum absolute atomic E-state index is 0.304. The lowest BCUT2D eigenvalue weighted by Crippen LogP contribution is -2.16. The van der Waals surface area contributed by atoms with Gasteiger partial charge in [0.2, 0.25) is 5.88 Å². The van der Waals surface area contributed by atoms with Gasteiger partial charge in [-0.25, -0.2) is 14.8 Å². The van der Waals surface area contributed by atoms with Gasteiger partial charge in [-0.2, -0.15) is 0 Å². The van der Waals surface area contributed by atoms with Crippen molar-refractivity contribution in [3.05, 3.63) is 72.4 Å². The van der Waals surface area contributed by atoms with Crippen LogP contribution in [-0.2, 0) is 6.61 Å². The molecule has 0 saturated heterocycles. The van der Waals surface area contributed by atoms with Crippen LogP contribution in [0.5, 0.6) is 11.6 Å². The summed E-state index contributed by atoms with van der Waals surface area (Å²) in [6.45, 7) is 0.450. The molecule has 0 unspecified atom stereocenters. The Labute approximate surface area is 154 Å². The van der Waals surface area contributed by atoms with Crippen molar-refractivity contribution in [1.29, 1.82) is 0 Å². The van der Waals surface area contributed by atoms with Gasteiger partial charge in [-0.05, 0) is 23.8 Å². The lowest BCUT2D eigenvalue weighted by atomic mass is 10.2. The molecule has 4 aromatic rings. The Hall–Kier alpha value is -3.87. The first-order chi connectivity index (χ1) is 13.2. The fourth-order valence-electron chi connectivity index (χ4n) is 2.67. The molecule has 0 fully saturated rings. The summed E-state index contributed by atoms with van der Waals surface area (Å²) in [5.41, 5.74) is 8.20. The number of nitrogens with one attached hydrogen (secondary N) is 1. The molecule has 1 amide bonds.